The lowest BCUT2D eigenvalue weighted by Crippen LogP contribution is -2.47. The van der Waals surface area contributed by atoms with Crippen LogP contribution in [-0.2, 0) is 16.6 Å². The fourth-order valence-corrected chi connectivity index (χ4v) is 3.71. The monoisotopic (exact) mass is 306 g/mol. The van der Waals surface area contributed by atoms with Crippen LogP contribution in [0.5, 0.6) is 0 Å². The maximum Gasteiger partial charge on any atom is 0.240 e. The summed E-state index contributed by atoms with van der Waals surface area (Å²) in [5, 5.41) is 4.25. The molecule has 2 atom stereocenters. The zero-order valence-corrected chi connectivity index (χ0v) is 13.7. The molecular weight excluding hydrogens is 280 g/mol. The summed E-state index contributed by atoms with van der Waals surface area (Å²) in [5.41, 5.74) is 1.30. The van der Waals surface area contributed by atoms with Crippen LogP contribution < -0.4 is 0 Å². The number of piperidine rings is 1. The highest BCUT2D eigenvalue weighted by Gasteiger charge is 2.37. The molecule has 1 aromatic heterocycles. The molecule has 22 heavy (non-hydrogen) atoms. The third-order valence-electron chi connectivity index (χ3n) is 5.13. The van der Waals surface area contributed by atoms with Gasteiger partial charge in [0.1, 0.15) is 0 Å². The van der Waals surface area contributed by atoms with Crippen molar-refractivity contribution < 1.29 is 9.53 Å². The summed E-state index contributed by atoms with van der Waals surface area (Å²) >= 11 is 0. The molecule has 0 aliphatic carbocycles. The van der Waals surface area contributed by atoms with Crippen molar-refractivity contribution in [2.24, 2.45) is 7.05 Å². The predicted octanol–water partition coefficient (Wildman–Crippen LogP) is 0.845. The van der Waals surface area contributed by atoms with Crippen LogP contribution in [0.1, 0.15) is 30.7 Å². The molecule has 0 saturated carbocycles. The van der Waals surface area contributed by atoms with Gasteiger partial charge in [-0.25, -0.2) is 0 Å². The first-order chi connectivity index (χ1) is 10.6. The molecule has 0 aromatic carbocycles. The van der Waals surface area contributed by atoms with E-state index in [9.17, 15) is 4.79 Å². The predicted molar refractivity (Wildman–Crippen MR) is 83.6 cm³/mol. The quantitative estimate of drug-likeness (QED) is 0.830. The summed E-state index contributed by atoms with van der Waals surface area (Å²) in [6.45, 7) is 2.54. The third kappa shape index (κ3) is 3.03. The second-order valence-corrected chi connectivity index (χ2v) is 6.60. The second kappa shape index (κ2) is 6.38. The lowest BCUT2D eigenvalue weighted by atomic mass is 9.91. The molecule has 0 spiro atoms. The van der Waals surface area contributed by atoms with Crippen LogP contribution in [-0.4, -0.2) is 71.4 Å². The molecule has 1 amide bonds. The number of carbonyl (C=O) groups excluding carboxylic acids is 1. The van der Waals surface area contributed by atoms with Gasteiger partial charge < -0.3 is 9.64 Å². The van der Waals surface area contributed by atoms with Gasteiger partial charge in [-0.3, -0.25) is 14.4 Å². The van der Waals surface area contributed by atoms with E-state index in [-0.39, 0.29) is 18.1 Å². The first kappa shape index (κ1) is 15.5. The van der Waals surface area contributed by atoms with Crippen molar-refractivity contribution in [3.05, 3.63) is 18.0 Å². The van der Waals surface area contributed by atoms with E-state index in [1.807, 2.05) is 29.9 Å². The standard InChI is InChI=1S/C16H26N4O2/c1-18-11-14(22-3)8-15(18)16(21)20-6-4-12(5-7-20)13-9-17-19(2)10-13/h9-10,12,14-15H,4-8,11H2,1-3H3/t14-,15-/m0/s1. The maximum absolute atomic E-state index is 12.7. The van der Waals surface area contributed by atoms with Gasteiger partial charge in [0.2, 0.25) is 5.91 Å². The number of aromatic nitrogens is 2. The van der Waals surface area contributed by atoms with Crippen LogP contribution in [0.25, 0.3) is 0 Å². The number of likely N-dealkylation sites (N-methyl/N-ethyl adjacent to an activating group) is 1. The number of rotatable bonds is 3. The van der Waals surface area contributed by atoms with E-state index >= 15 is 0 Å². The Morgan fingerprint density at radius 2 is 2.05 bits per heavy atom. The van der Waals surface area contributed by atoms with Crippen molar-refractivity contribution in [3.8, 4) is 0 Å². The molecule has 0 bridgehead atoms. The van der Waals surface area contributed by atoms with Gasteiger partial charge in [-0.2, -0.15) is 5.10 Å². The van der Waals surface area contributed by atoms with Crippen molar-refractivity contribution in [2.75, 3.05) is 33.8 Å². The molecule has 3 heterocycles. The Morgan fingerprint density at radius 3 is 2.59 bits per heavy atom. The van der Waals surface area contributed by atoms with Crippen LogP contribution in [0.3, 0.4) is 0 Å². The van der Waals surface area contributed by atoms with Crippen LogP contribution in [0, 0.1) is 0 Å². The van der Waals surface area contributed by atoms with Gasteiger partial charge in [0.25, 0.3) is 0 Å². The van der Waals surface area contributed by atoms with Gasteiger partial charge in [0.05, 0.1) is 18.3 Å². The first-order valence-electron chi connectivity index (χ1n) is 8.09. The molecule has 0 unspecified atom stereocenters. The first-order valence-corrected chi connectivity index (χ1v) is 8.09. The van der Waals surface area contributed by atoms with Crippen LogP contribution in [0.15, 0.2) is 12.4 Å². The number of aryl methyl sites for hydroxylation is 1. The summed E-state index contributed by atoms with van der Waals surface area (Å²) < 4.78 is 7.26. The highest BCUT2D eigenvalue weighted by molar-refractivity contribution is 5.82. The van der Waals surface area contributed by atoms with E-state index < -0.39 is 0 Å². The van der Waals surface area contributed by atoms with Gasteiger partial charge in [0.15, 0.2) is 0 Å². The highest BCUT2D eigenvalue weighted by Crippen LogP contribution is 2.29. The fourth-order valence-electron chi connectivity index (χ4n) is 3.71. The van der Waals surface area contributed by atoms with E-state index in [0.717, 1.165) is 38.9 Å². The third-order valence-corrected chi connectivity index (χ3v) is 5.13. The van der Waals surface area contributed by atoms with Gasteiger partial charge in [0, 0.05) is 40.0 Å². The van der Waals surface area contributed by atoms with Crippen LogP contribution >= 0.6 is 0 Å². The molecule has 2 saturated heterocycles. The molecule has 6 nitrogen and oxygen atoms in total. The second-order valence-electron chi connectivity index (χ2n) is 6.60. The highest BCUT2D eigenvalue weighted by atomic mass is 16.5. The molecule has 2 aliphatic heterocycles. The van der Waals surface area contributed by atoms with E-state index in [0.29, 0.717) is 5.92 Å². The van der Waals surface area contributed by atoms with Gasteiger partial charge in [-0.05, 0) is 37.8 Å². The molecule has 122 valence electrons. The molecule has 0 radical (unpaired) electrons. The number of ether oxygens (including phenoxy) is 1. The number of likely N-dealkylation sites (tertiary alicyclic amines) is 2. The van der Waals surface area contributed by atoms with Gasteiger partial charge in [-0.15, -0.1) is 0 Å². The number of carbonyl (C=O) groups is 1. The van der Waals surface area contributed by atoms with Crippen molar-refractivity contribution in [3.63, 3.8) is 0 Å². The van der Waals surface area contributed by atoms with Crippen molar-refractivity contribution in [1.29, 1.82) is 0 Å². The molecule has 3 rings (SSSR count). The smallest absolute Gasteiger partial charge is 0.240 e. The van der Waals surface area contributed by atoms with Crippen LogP contribution in [0.2, 0.25) is 0 Å². The molecular formula is C16H26N4O2. The summed E-state index contributed by atoms with van der Waals surface area (Å²) in [4.78, 5) is 16.9. The molecule has 6 heteroatoms. The summed E-state index contributed by atoms with van der Waals surface area (Å²) in [7, 11) is 5.69. The zero-order chi connectivity index (χ0) is 15.7. The number of hydrogen-bond donors (Lipinski definition) is 0. The Balaban J connectivity index is 1.56. The van der Waals surface area contributed by atoms with Crippen molar-refractivity contribution in [1.82, 2.24) is 19.6 Å². The van der Waals surface area contributed by atoms with Crippen molar-refractivity contribution in [2.45, 2.75) is 37.3 Å². The lowest BCUT2D eigenvalue weighted by molar-refractivity contribution is -0.136. The number of hydrogen-bond acceptors (Lipinski definition) is 4. The number of methoxy groups -OCH3 is 1. The molecule has 2 fully saturated rings. The minimum atomic E-state index is -0.0140. The topological polar surface area (TPSA) is 50.6 Å². The Kier molecular flexibility index (Phi) is 4.49. The average Bonchev–Trinajstić information content (AvgIpc) is 3.12. The summed E-state index contributed by atoms with van der Waals surface area (Å²) in [6.07, 6.45) is 7.11. The lowest BCUT2D eigenvalue weighted by Gasteiger charge is -2.34. The number of nitrogens with zero attached hydrogens (tertiary/aromatic N) is 4. The Morgan fingerprint density at radius 1 is 1.32 bits per heavy atom. The SMILES string of the molecule is CO[C@H]1C[C@@H](C(=O)N2CCC(c3cnn(C)c3)CC2)N(C)C1. The minimum Gasteiger partial charge on any atom is -0.380 e. The summed E-state index contributed by atoms with van der Waals surface area (Å²) in [5.74, 6) is 0.803. The largest absolute Gasteiger partial charge is 0.380 e. The minimum absolute atomic E-state index is 0.0140. The van der Waals surface area contributed by atoms with Crippen LogP contribution in [0.4, 0.5) is 0 Å². The molecule has 0 N–H and O–H groups in total. The van der Waals surface area contributed by atoms with E-state index in [1.54, 1.807) is 7.11 Å². The van der Waals surface area contributed by atoms with Crippen molar-refractivity contribution >= 4 is 5.91 Å². The Hall–Kier alpha value is -1.40. The van der Waals surface area contributed by atoms with E-state index in [2.05, 4.69) is 16.2 Å². The fraction of sp³-hybridized carbons (Fsp3) is 0.750. The van der Waals surface area contributed by atoms with Gasteiger partial charge >= 0.3 is 0 Å². The molecule has 1 aromatic rings. The van der Waals surface area contributed by atoms with E-state index in [1.165, 1.54) is 5.56 Å². The summed E-state index contributed by atoms with van der Waals surface area (Å²) in [6, 6.07) is -0.0140. The molecule has 2 aliphatic rings. The zero-order valence-electron chi connectivity index (χ0n) is 13.7. The maximum atomic E-state index is 12.7. The Bertz CT molecular complexity index is 522. The average molecular weight is 306 g/mol. The number of amides is 1. The normalized spacial score (nSPS) is 27.5. The van der Waals surface area contributed by atoms with Gasteiger partial charge in [-0.1, -0.05) is 0 Å². The van der Waals surface area contributed by atoms with E-state index in [4.69, 9.17) is 4.74 Å². The Labute approximate surface area is 132 Å².